The van der Waals surface area contributed by atoms with Crippen molar-refractivity contribution in [3.05, 3.63) is 29.3 Å². The fraction of sp³-hybridized carbons (Fsp3) is 0.571. The highest BCUT2D eigenvalue weighted by atomic mass is 32.2. The summed E-state index contributed by atoms with van der Waals surface area (Å²) in [7, 11) is -0.412. The molecule has 0 spiro atoms. The van der Waals surface area contributed by atoms with Crippen LogP contribution in [0.5, 0.6) is 0 Å². The van der Waals surface area contributed by atoms with Gasteiger partial charge in [0.2, 0.25) is 0 Å². The molecule has 6 nitrogen and oxygen atoms in total. The van der Waals surface area contributed by atoms with E-state index < -0.39 is 10.2 Å². The van der Waals surface area contributed by atoms with Crippen LogP contribution < -0.4 is 10.5 Å². The van der Waals surface area contributed by atoms with Crippen molar-refractivity contribution in [2.75, 3.05) is 33.0 Å². The molecule has 1 unspecified atom stereocenters. The Kier molecular flexibility index (Phi) is 5.21. The third-order valence-electron chi connectivity index (χ3n) is 3.79. The Morgan fingerprint density at radius 2 is 2.24 bits per heavy atom. The van der Waals surface area contributed by atoms with E-state index in [0.717, 1.165) is 36.1 Å². The molecule has 7 heteroatoms. The summed E-state index contributed by atoms with van der Waals surface area (Å²) in [5.41, 5.74) is 8.67. The maximum atomic E-state index is 12.3. The standard InChI is InChI=1S/C14H23N3O3S/c1-17(8-9-20-2)21(18,19)16-14-5-3-4-11-10-12(15)6-7-13(11)14/h6-7,10,14,16H,3-5,8-9,15H2,1-2H3. The summed E-state index contributed by atoms with van der Waals surface area (Å²) < 4.78 is 33.6. The molecule has 2 rings (SSSR count). The molecule has 1 aromatic carbocycles. The van der Waals surface area contributed by atoms with E-state index in [1.54, 1.807) is 14.2 Å². The number of fused-ring (bicyclic) bond motifs is 1. The van der Waals surface area contributed by atoms with Gasteiger partial charge in [0.1, 0.15) is 0 Å². The Hall–Kier alpha value is -1.15. The van der Waals surface area contributed by atoms with Crippen LogP contribution in [0.25, 0.3) is 0 Å². The molecule has 21 heavy (non-hydrogen) atoms. The van der Waals surface area contributed by atoms with Gasteiger partial charge < -0.3 is 10.5 Å². The van der Waals surface area contributed by atoms with Crippen LogP contribution >= 0.6 is 0 Å². The van der Waals surface area contributed by atoms with Crippen molar-refractivity contribution in [1.29, 1.82) is 0 Å². The lowest BCUT2D eigenvalue weighted by molar-refractivity contribution is 0.184. The first-order chi connectivity index (χ1) is 9.94. The number of nitrogens with one attached hydrogen (secondary N) is 1. The van der Waals surface area contributed by atoms with Crippen LogP contribution in [0.1, 0.15) is 30.0 Å². The molecular weight excluding hydrogens is 290 g/mol. The topological polar surface area (TPSA) is 84.7 Å². The lowest BCUT2D eigenvalue weighted by Gasteiger charge is -2.28. The molecule has 0 heterocycles. The molecule has 0 fully saturated rings. The number of nitrogens with zero attached hydrogens (tertiary/aromatic N) is 1. The lowest BCUT2D eigenvalue weighted by Crippen LogP contribution is -2.42. The Balaban J connectivity index is 2.14. The van der Waals surface area contributed by atoms with E-state index in [4.69, 9.17) is 10.5 Å². The van der Waals surface area contributed by atoms with Crippen molar-refractivity contribution in [2.45, 2.75) is 25.3 Å². The second-order valence-corrected chi connectivity index (χ2v) is 7.15. The Labute approximate surface area is 126 Å². The molecule has 3 N–H and O–H groups in total. The van der Waals surface area contributed by atoms with Crippen LogP contribution in [-0.2, 0) is 21.4 Å². The predicted molar refractivity (Wildman–Crippen MR) is 83.1 cm³/mol. The molecule has 1 aliphatic carbocycles. The van der Waals surface area contributed by atoms with Crippen LogP contribution in [0.4, 0.5) is 5.69 Å². The second-order valence-electron chi connectivity index (χ2n) is 5.34. The van der Waals surface area contributed by atoms with E-state index in [-0.39, 0.29) is 6.04 Å². The quantitative estimate of drug-likeness (QED) is 0.769. The third-order valence-corrected chi connectivity index (χ3v) is 5.38. The summed E-state index contributed by atoms with van der Waals surface area (Å²) in [6.07, 6.45) is 2.69. The molecule has 0 amide bonds. The Bertz CT molecular complexity index is 589. The Morgan fingerprint density at radius 3 is 2.95 bits per heavy atom. The minimum Gasteiger partial charge on any atom is -0.399 e. The summed E-state index contributed by atoms with van der Waals surface area (Å²) in [5.74, 6) is 0. The highest BCUT2D eigenvalue weighted by Crippen LogP contribution is 2.31. The number of ether oxygens (including phenoxy) is 1. The van der Waals surface area contributed by atoms with Crippen molar-refractivity contribution in [2.24, 2.45) is 0 Å². The molecular formula is C14H23N3O3S. The maximum Gasteiger partial charge on any atom is 0.279 e. The number of likely N-dealkylation sites (N-methyl/N-ethyl adjacent to an activating group) is 1. The number of aryl methyl sites for hydroxylation is 1. The SMILES string of the molecule is COCCN(C)S(=O)(=O)NC1CCCc2cc(N)ccc21. The smallest absolute Gasteiger partial charge is 0.279 e. The van der Waals surface area contributed by atoms with Gasteiger partial charge in [0.15, 0.2) is 0 Å². The van der Waals surface area contributed by atoms with Gasteiger partial charge in [0.05, 0.1) is 6.61 Å². The molecule has 118 valence electrons. The first-order valence-corrected chi connectivity index (χ1v) is 8.49. The normalized spacial score (nSPS) is 18.7. The van der Waals surface area contributed by atoms with Crippen molar-refractivity contribution in [3.63, 3.8) is 0 Å². The number of anilines is 1. The van der Waals surface area contributed by atoms with E-state index in [9.17, 15) is 8.42 Å². The zero-order valence-corrected chi connectivity index (χ0v) is 13.3. The molecule has 1 aromatic rings. The maximum absolute atomic E-state index is 12.3. The van der Waals surface area contributed by atoms with Crippen LogP contribution in [0, 0.1) is 0 Å². The summed E-state index contributed by atoms with van der Waals surface area (Å²) in [6, 6.07) is 5.49. The van der Waals surface area contributed by atoms with E-state index in [1.807, 2.05) is 18.2 Å². The molecule has 1 atom stereocenters. The predicted octanol–water partition coefficient (Wildman–Crippen LogP) is 1.06. The number of nitrogens with two attached hydrogens (primary N) is 1. The first-order valence-electron chi connectivity index (χ1n) is 7.05. The molecule has 0 bridgehead atoms. The minimum atomic E-state index is -3.51. The average Bonchev–Trinajstić information content (AvgIpc) is 2.44. The molecule has 0 saturated carbocycles. The van der Waals surface area contributed by atoms with Crippen LogP contribution in [-0.4, -0.2) is 40.0 Å². The summed E-state index contributed by atoms with van der Waals surface area (Å²) in [6.45, 7) is 0.697. The van der Waals surface area contributed by atoms with Gasteiger partial charge in [0, 0.05) is 32.4 Å². The fourth-order valence-electron chi connectivity index (χ4n) is 2.57. The number of hydrogen-bond acceptors (Lipinski definition) is 4. The molecule has 0 radical (unpaired) electrons. The number of nitrogen functional groups attached to an aromatic ring is 1. The van der Waals surface area contributed by atoms with Crippen molar-refractivity contribution >= 4 is 15.9 Å². The van der Waals surface area contributed by atoms with E-state index >= 15 is 0 Å². The van der Waals surface area contributed by atoms with E-state index in [2.05, 4.69) is 4.72 Å². The summed E-state index contributed by atoms with van der Waals surface area (Å²) >= 11 is 0. The number of hydrogen-bond donors (Lipinski definition) is 2. The highest BCUT2D eigenvalue weighted by molar-refractivity contribution is 7.87. The van der Waals surface area contributed by atoms with Crippen molar-refractivity contribution in [3.8, 4) is 0 Å². The van der Waals surface area contributed by atoms with Gasteiger partial charge in [-0.25, -0.2) is 0 Å². The molecule has 0 aromatic heterocycles. The fourth-order valence-corrected chi connectivity index (χ4v) is 3.67. The minimum absolute atomic E-state index is 0.190. The number of benzene rings is 1. The van der Waals surface area contributed by atoms with Crippen molar-refractivity contribution in [1.82, 2.24) is 9.03 Å². The number of methoxy groups -OCH3 is 1. The lowest BCUT2D eigenvalue weighted by atomic mass is 9.88. The van der Waals surface area contributed by atoms with Gasteiger partial charge >= 0.3 is 0 Å². The van der Waals surface area contributed by atoms with Gasteiger partial charge in [-0.15, -0.1) is 0 Å². The third kappa shape index (κ3) is 3.94. The van der Waals surface area contributed by atoms with Crippen LogP contribution in [0.3, 0.4) is 0 Å². The van der Waals surface area contributed by atoms with Crippen LogP contribution in [0.15, 0.2) is 18.2 Å². The van der Waals surface area contributed by atoms with Gasteiger partial charge in [-0.2, -0.15) is 17.4 Å². The second kappa shape index (κ2) is 6.74. The Morgan fingerprint density at radius 1 is 1.48 bits per heavy atom. The van der Waals surface area contributed by atoms with Gasteiger partial charge in [-0.05, 0) is 42.5 Å². The highest BCUT2D eigenvalue weighted by Gasteiger charge is 2.27. The van der Waals surface area contributed by atoms with Gasteiger partial charge in [-0.3, -0.25) is 0 Å². The van der Waals surface area contributed by atoms with Crippen LogP contribution in [0.2, 0.25) is 0 Å². The summed E-state index contributed by atoms with van der Waals surface area (Å²) in [4.78, 5) is 0. The summed E-state index contributed by atoms with van der Waals surface area (Å²) in [5, 5.41) is 0. The zero-order chi connectivity index (χ0) is 15.5. The zero-order valence-electron chi connectivity index (χ0n) is 12.5. The largest absolute Gasteiger partial charge is 0.399 e. The first kappa shape index (κ1) is 16.2. The van der Waals surface area contributed by atoms with E-state index in [1.165, 1.54) is 4.31 Å². The van der Waals surface area contributed by atoms with Crippen molar-refractivity contribution < 1.29 is 13.2 Å². The molecule has 0 saturated heterocycles. The molecule has 0 aliphatic heterocycles. The number of rotatable bonds is 6. The van der Waals surface area contributed by atoms with E-state index in [0.29, 0.717) is 13.2 Å². The van der Waals surface area contributed by atoms with Gasteiger partial charge in [0.25, 0.3) is 10.2 Å². The van der Waals surface area contributed by atoms with Gasteiger partial charge in [-0.1, -0.05) is 6.07 Å². The molecule has 1 aliphatic rings. The monoisotopic (exact) mass is 313 g/mol. The average molecular weight is 313 g/mol.